The molecule has 2 amide bonds. The second kappa shape index (κ2) is 8.14. The number of carbonyl (C=O) groups excluding carboxylic acids is 2. The first kappa shape index (κ1) is 21.4. The fourth-order valence-electron chi connectivity index (χ4n) is 6.48. The molecule has 2 aliphatic rings. The van der Waals surface area contributed by atoms with Crippen LogP contribution < -0.4 is 15.9 Å². The molecule has 0 N–H and O–H groups in total. The summed E-state index contributed by atoms with van der Waals surface area (Å²) in [5, 5.41) is 3.90. The molecule has 0 aliphatic carbocycles. The molecule has 2 unspecified atom stereocenters. The summed E-state index contributed by atoms with van der Waals surface area (Å²) in [5.41, 5.74) is 0.0298. The van der Waals surface area contributed by atoms with Crippen LogP contribution in [0.5, 0.6) is 0 Å². The Morgan fingerprint density at radius 3 is 1.59 bits per heavy atom. The van der Waals surface area contributed by atoms with Crippen molar-refractivity contribution in [1.29, 1.82) is 0 Å². The minimum atomic E-state index is -3.14. The summed E-state index contributed by atoms with van der Waals surface area (Å²) < 4.78 is 0.839. The fraction of sp³-hybridized carbons (Fsp3) is 0.259. The van der Waals surface area contributed by atoms with E-state index in [-0.39, 0.29) is 23.9 Å². The van der Waals surface area contributed by atoms with Crippen LogP contribution in [0.1, 0.15) is 25.7 Å². The van der Waals surface area contributed by atoms with E-state index in [1.54, 1.807) is 0 Å². The molecule has 0 radical (unpaired) electrons. The van der Waals surface area contributed by atoms with Gasteiger partial charge in [-0.25, -0.2) is 0 Å². The summed E-state index contributed by atoms with van der Waals surface area (Å²) in [6.07, 6.45) is 4.23. The molecule has 32 heavy (non-hydrogen) atoms. The van der Waals surface area contributed by atoms with Crippen molar-refractivity contribution in [2.24, 2.45) is 5.92 Å². The number of imide groups is 1. The van der Waals surface area contributed by atoms with E-state index in [0.29, 0.717) is 0 Å². The van der Waals surface area contributed by atoms with E-state index in [1.165, 1.54) is 15.9 Å². The maximum absolute atomic E-state index is 13.3. The summed E-state index contributed by atoms with van der Waals surface area (Å²) in [7, 11) is 0. The summed E-state index contributed by atoms with van der Waals surface area (Å²) in [4.78, 5) is 25.9. The Morgan fingerprint density at radius 1 is 0.719 bits per heavy atom. The number of benzene rings is 3. The maximum atomic E-state index is 13.3. The van der Waals surface area contributed by atoms with Crippen molar-refractivity contribution in [3.8, 4) is 0 Å². The van der Waals surface area contributed by atoms with Gasteiger partial charge >= 0.3 is 195 Å². The van der Waals surface area contributed by atoms with Crippen molar-refractivity contribution in [1.82, 2.24) is 4.42 Å². The van der Waals surface area contributed by atoms with E-state index < -0.39 is 12.5 Å². The number of nitrogens with zero attached hydrogens (tertiary/aromatic N) is 1. The van der Waals surface area contributed by atoms with Crippen molar-refractivity contribution in [2.75, 3.05) is 6.16 Å². The summed E-state index contributed by atoms with van der Waals surface area (Å²) in [6.45, 7) is -3.14. The second-order valence-corrected chi connectivity index (χ2v) is 14.8. The Balaban J connectivity index is 1.92. The Labute approximate surface area is 194 Å². The predicted molar refractivity (Wildman–Crippen MR) is 133 cm³/mol. The zero-order chi connectivity index (χ0) is 22.2. The van der Waals surface area contributed by atoms with Crippen LogP contribution in [-0.4, -0.2) is 28.1 Å². The van der Waals surface area contributed by atoms with E-state index in [9.17, 15) is 9.59 Å². The molecule has 0 saturated carbocycles. The van der Waals surface area contributed by atoms with Gasteiger partial charge in [-0.15, -0.1) is 0 Å². The van der Waals surface area contributed by atoms with Crippen molar-refractivity contribution in [3.63, 3.8) is 0 Å². The monoisotopic (exact) mass is 463 g/mol. The number of amides is 2. The molecule has 2 heterocycles. The third-order valence-corrected chi connectivity index (χ3v) is 15.8. The molecule has 5 heteroatoms. The molecule has 0 spiro atoms. The van der Waals surface area contributed by atoms with Crippen LogP contribution in [0, 0.1) is 5.92 Å². The van der Waals surface area contributed by atoms with Gasteiger partial charge in [-0.1, -0.05) is 0 Å². The van der Waals surface area contributed by atoms with Crippen molar-refractivity contribution >= 4 is 46.1 Å². The van der Waals surface area contributed by atoms with Crippen LogP contribution in [0.3, 0.4) is 0 Å². The Kier molecular flexibility index (Phi) is 5.43. The van der Waals surface area contributed by atoms with Crippen molar-refractivity contribution < 1.29 is 9.59 Å². The van der Waals surface area contributed by atoms with Gasteiger partial charge in [-0.05, 0) is 0 Å². The topological polar surface area (TPSA) is 37.4 Å². The molecule has 2 fully saturated rings. The van der Waals surface area contributed by atoms with Gasteiger partial charge in [0.1, 0.15) is 0 Å². The van der Waals surface area contributed by atoms with Crippen LogP contribution in [0.25, 0.3) is 0 Å². The second-order valence-electron chi connectivity index (χ2n) is 9.00. The van der Waals surface area contributed by atoms with E-state index in [4.69, 9.17) is 11.8 Å². The van der Waals surface area contributed by atoms with Gasteiger partial charge in [0, 0.05) is 0 Å². The van der Waals surface area contributed by atoms with Crippen LogP contribution in [-0.2, 0) is 9.59 Å². The third kappa shape index (κ3) is 2.84. The average Bonchev–Trinajstić information content (AvgIpc) is 3.12. The van der Waals surface area contributed by atoms with Crippen molar-refractivity contribution in [2.45, 2.75) is 31.3 Å². The number of rotatable bonds is 4. The molecular formula is C27H27ClNO2P. The molecule has 0 bridgehead atoms. The number of halogens is 1. The molecule has 164 valence electrons. The molecule has 2 atom stereocenters. The average molecular weight is 464 g/mol. The number of carbonyl (C=O) groups is 2. The summed E-state index contributed by atoms with van der Waals surface area (Å²) >= 11 is 6.15. The SMILES string of the molecule is O=C1CC(C2CCCCP2(c2ccccc2)(c2ccccc2)c2ccccc2)C(=O)N1Cl. The molecule has 0 aromatic heterocycles. The predicted octanol–water partition coefficient (Wildman–Crippen LogP) is 4.60. The summed E-state index contributed by atoms with van der Waals surface area (Å²) in [5.74, 6) is -0.919. The van der Waals surface area contributed by atoms with Gasteiger partial charge in [0.25, 0.3) is 0 Å². The number of hydrogen-bond acceptors (Lipinski definition) is 2. The van der Waals surface area contributed by atoms with E-state index in [1.807, 2.05) is 0 Å². The molecule has 3 aromatic carbocycles. The first-order chi connectivity index (χ1) is 15.6. The van der Waals surface area contributed by atoms with Crippen LogP contribution >= 0.6 is 18.4 Å². The minimum absolute atomic E-state index is 0.0298. The molecule has 2 saturated heterocycles. The van der Waals surface area contributed by atoms with Crippen LogP contribution in [0.2, 0.25) is 0 Å². The Morgan fingerprint density at radius 2 is 1.19 bits per heavy atom. The van der Waals surface area contributed by atoms with Crippen LogP contribution in [0.15, 0.2) is 91.0 Å². The van der Waals surface area contributed by atoms with Gasteiger partial charge in [0.15, 0.2) is 0 Å². The quantitative estimate of drug-likeness (QED) is 0.322. The molecular weight excluding hydrogens is 437 g/mol. The summed E-state index contributed by atoms with van der Waals surface area (Å²) in [6, 6.07) is 32.3. The van der Waals surface area contributed by atoms with E-state index >= 15 is 0 Å². The molecule has 2 aliphatic heterocycles. The van der Waals surface area contributed by atoms with E-state index in [2.05, 4.69) is 91.0 Å². The van der Waals surface area contributed by atoms with Gasteiger partial charge < -0.3 is 0 Å². The zero-order valence-corrected chi connectivity index (χ0v) is 19.6. The zero-order valence-electron chi connectivity index (χ0n) is 17.9. The fourth-order valence-corrected chi connectivity index (χ4v) is 15.0. The first-order valence-corrected chi connectivity index (χ1v) is 14.1. The van der Waals surface area contributed by atoms with Gasteiger partial charge in [-0.3, -0.25) is 0 Å². The number of hydrogen-bond donors (Lipinski definition) is 0. The Bertz CT molecular complexity index is 1040. The normalized spacial score (nSPS) is 25.8. The van der Waals surface area contributed by atoms with Gasteiger partial charge in [0.05, 0.1) is 0 Å². The first-order valence-electron chi connectivity index (χ1n) is 11.3. The molecule has 5 rings (SSSR count). The molecule has 3 nitrogen and oxygen atoms in total. The van der Waals surface area contributed by atoms with Gasteiger partial charge in [0.2, 0.25) is 0 Å². The standard InChI is InChI=1S/C27H27ClNO2P/c28-29-26(30)20-24(27(29)31)25-18-10-11-19-32(25,21-12-4-1-5-13-21,22-14-6-2-7-15-22)23-16-8-3-9-17-23/h1-9,12-17,24-25H,10-11,18-20H2. The van der Waals surface area contributed by atoms with Crippen LogP contribution in [0.4, 0.5) is 0 Å². The van der Waals surface area contributed by atoms with Crippen molar-refractivity contribution in [3.05, 3.63) is 91.0 Å². The van der Waals surface area contributed by atoms with Gasteiger partial charge in [-0.2, -0.15) is 0 Å². The third-order valence-electron chi connectivity index (χ3n) is 7.73. The van der Waals surface area contributed by atoms with E-state index in [0.717, 1.165) is 29.8 Å². The molecule has 3 aromatic rings. The Hall–Kier alpha value is -2.48.